The fraction of sp³-hybridized carbons (Fsp3) is 0.231. The summed E-state index contributed by atoms with van der Waals surface area (Å²) in [6.45, 7) is 0.304. The van der Waals surface area contributed by atoms with E-state index in [1.54, 1.807) is 7.05 Å². The van der Waals surface area contributed by atoms with Crippen LogP contribution < -0.4 is 14.9 Å². The van der Waals surface area contributed by atoms with Gasteiger partial charge in [0.25, 0.3) is 5.91 Å². The minimum Gasteiger partial charge on any atom is -0.488 e. The first-order valence-corrected chi connectivity index (χ1v) is 5.87. The second-order valence-corrected chi connectivity index (χ2v) is 4.10. The lowest BCUT2D eigenvalue weighted by Gasteiger charge is -2.18. The molecular formula is C13H13N3O3. The second kappa shape index (κ2) is 4.31. The van der Waals surface area contributed by atoms with Gasteiger partial charge in [-0.2, -0.15) is 0 Å². The van der Waals surface area contributed by atoms with E-state index in [0.717, 1.165) is 22.6 Å². The van der Waals surface area contributed by atoms with Crippen LogP contribution in [0.5, 0.6) is 5.75 Å². The first-order chi connectivity index (χ1) is 9.26. The SMILES string of the molecule is CNC(=O)c1nn(OC)c2c1COc1ccccc1-2. The Balaban J connectivity index is 2.24. The minimum atomic E-state index is -0.255. The fourth-order valence-corrected chi connectivity index (χ4v) is 2.20. The summed E-state index contributed by atoms with van der Waals surface area (Å²) < 4.78 is 5.65. The molecule has 98 valence electrons. The van der Waals surface area contributed by atoms with Crippen molar-refractivity contribution in [3.63, 3.8) is 0 Å². The molecule has 1 aliphatic rings. The van der Waals surface area contributed by atoms with Gasteiger partial charge in [0.05, 0.1) is 5.56 Å². The number of nitrogens with zero attached hydrogens (tertiary/aromatic N) is 2. The number of amides is 1. The first kappa shape index (κ1) is 11.6. The molecule has 6 nitrogen and oxygen atoms in total. The molecular weight excluding hydrogens is 246 g/mol. The van der Waals surface area contributed by atoms with Crippen molar-refractivity contribution in [1.82, 2.24) is 15.3 Å². The van der Waals surface area contributed by atoms with Crippen molar-refractivity contribution in [3.8, 4) is 17.0 Å². The molecule has 0 unspecified atom stereocenters. The second-order valence-electron chi connectivity index (χ2n) is 4.10. The monoisotopic (exact) mass is 259 g/mol. The lowest BCUT2D eigenvalue weighted by molar-refractivity contribution is 0.0942. The van der Waals surface area contributed by atoms with Crippen molar-refractivity contribution in [2.75, 3.05) is 14.2 Å². The van der Waals surface area contributed by atoms with Gasteiger partial charge in [-0.1, -0.05) is 17.0 Å². The summed E-state index contributed by atoms with van der Waals surface area (Å²) in [6.07, 6.45) is 0. The van der Waals surface area contributed by atoms with E-state index in [0.29, 0.717) is 12.3 Å². The van der Waals surface area contributed by atoms with Gasteiger partial charge >= 0.3 is 0 Å². The lowest BCUT2D eigenvalue weighted by atomic mass is 10.0. The van der Waals surface area contributed by atoms with Crippen molar-refractivity contribution < 1.29 is 14.4 Å². The van der Waals surface area contributed by atoms with Crippen molar-refractivity contribution >= 4 is 5.91 Å². The summed E-state index contributed by atoms with van der Waals surface area (Å²) in [5.74, 6) is 0.506. The zero-order valence-corrected chi connectivity index (χ0v) is 10.6. The van der Waals surface area contributed by atoms with Crippen LogP contribution in [0.1, 0.15) is 16.1 Å². The van der Waals surface area contributed by atoms with Crippen LogP contribution in [0.3, 0.4) is 0 Å². The van der Waals surface area contributed by atoms with Crippen molar-refractivity contribution in [2.24, 2.45) is 0 Å². The number of hydrogen-bond acceptors (Lipinski definition) is 4. The maximum Gasteiger partial charge on any atom is 0.272 e. The van der Waals surface area contributed by atoms with Gasteiger partial charge in [0.1, 0.15) is 25.2 Å². The number of para-hydroxylation sites is 1. The van der Waals surface area contributed by atoms with Gasteiger partial charge in [0.15, 0.2) is 5.69 Å². The number of benzene rings is 1. The highest BCUT2D eigenvalue weighted by atomic mass is 16.7. The molecule has 0 fully saturated rings. The molecule has 2 heterocycles. The number of hydrogen-bond donors (Lipinski definition) is 1. The quantitative estimate of drug-likeness (QED) is 0.868. The fourth-order valence-electron chi connectivity index (χ4n) is 2.20. The number of aromatic nitrogens is 2. The van der Waals surface area contributed by atoms with Crippen LogP contribution >= 0.6 is 0 Å². The van der Waals surface area contributed by atoms with Gasteiger partial charge in [-0.3, -0.25) is 4.79 Å². The van der Waals surface area contributed by atoms with Gasteiger partial charge < -0.3 is 14.9 Å². The van der Waals surface area contributed by atoms with Crippen LogP contribution in [0, 0.1) is 0 Å². The molecule has 1 amide bonds. The molecule has 2 aromatic rings. The molecule has 0 aliphatic carbocycles. The molecule has 1 aromatic carbocycles. The molecule has 1 aromatic heterocycles. The van der Waals surface area contributed by atoms with Gasteiger partial charge in [0, 0.05) is 12.6 Å². The van der Waals surface area contributed by atoms with Crippen molar-refractivity contribution in [3.05, 3.63) is 35.5 Å². The van der Waals surface area contributed by atoms with Crippen molar-refractivity contribution in [2.45, 2.75) is 6.61 Å². The van der Waals surface area contributed by atoms with Crippen LogP contribution in [0.2, 0.25) is 0 Å². The van der Waals surface area contributed by atoms with E-state index >= 15 is 0 Å². The van der Waals surface area contributed by atoms with E-state index in [-0.39, 0.29) is 5.91 Å². The summed E-state index contributed by atoms with van der Waals surface area (Å²) in [5, 5.41) is 6.75. The average molecular weight is 259 g/mol. The van der Waals surface area contributed by atoms with Gasteiger partial charge in [-0.15, -0.1) is 5.10 Å². The van der Waals surface area contributed by atoms with Crippen molar-refractivity contribution in [1.29, 1.82) is 0 Å². The molecule has 0 saturated heterocycles. The summed E-state index contributed by atoms with van der Waals surface area (Å²) in [6, 6.07) is 7.60. The topological polar surface area (TPSA) is 65.4 Å². The number of rotatable bonds is 2. The Bertz CT molecular complexity index is 649. The highest BCUT2D eigenvalue weighted by Crippen LogP contribution is 2.38. The molecule has 19 heavy (non-hydrogen) atoms. The highest BCUT2D eigenvalue weighted by Gasteiger charge is 2.29. The predicted octanol–water partition coefficient (Wildman–Crippen LogP) is 0.860. The number of carbonyl (C=O) groups is 1. The first-order valence-electron chi connectivity index (χ1n) is 5.87. The zero-order valence-electron chi connectivity index (χ0n) is 10.6. The van der Waals surface area contributed by atoms with E-state index in [9.17, 15) is 4.79 Å². The van der Waals surface area contributed by atoms with Crippen LogP contribution in [0.15, 0.2) is 24.3 Å². The normalized spacial score (nSPS) is 12.1. The van der Waals surface area contributed by atoms with Gasteiger partial charge in [-0.25, -0.2) is 0 Å². The Morgan fingerprint density at radius 1 is 1.47 bits per heavy atom. The minimum absolute atomic E-state index is 0.255. The molecule has 0 atom stereocenters. The van der Waals surface area contributed by atoms with E-state index in [1.807, 2.05) is 24.3 Å². The molecule has 6 heteroatoms. The number of carbonyl (C=O) groups excluding carboxylic acids is 1. The Morgan fingerprint density at radius 2 is 2.26 bits per heavy atom. The largest absolute Gasteiger partial charge is 0.488 e. The Hall–Kier alpha value is -2.50. The maximum atomic E-state index is 11.8. The van der Waals surface area contributed by atoms with Gasteiger partial charge in [-0.05, 0) is 12.1 Å². The summed E-state index contributed by atoms with van der Waals surface area (Å²) in [7, 11) is 3.08. The molecule has 1 aliphatic heterocycles. The maximum absolute atomic E-state index is 11.8. The predicted molar refractivity (Wildman–Crippen MR) is 67.9 cm³/mol. The molecule has 0 spiro atoms. The van der Waals surface area contributed by atoms with Crippen LogP contribution in [0.4, 0.5) is 0 Å². The van der Waals surface area contributed by atoms with Crippen LogP contribution in [-0.2, 0) is 6.61 Å². The number of fused-ring (bicyclic) bond motifs is 3. The summed E-state index contributed by atoms with van der Waals surface area (Å²) in [5.41, 5.74) is 2.70. The van der Waals surface area contributed by atoms with Gasteiger partial charge in [0.2, 0.25) is 0 Å². The zero-order chi connectivity index (χ0) is 13.4. The highest BCUT2D eigenvalue weighted by molar-refractivity contribution is 5.95. The molecule has 3 rings (SSSR count). The van der Waals surface area contributed by atoms with E-state index in [4.69, 9.17) is 9.57 Å². The van der Waals surface area contributed by atoms with E-state index in [2.05, 4.69) is 10.4 Å². The summed E-state index contributed by atoms with van der Waals surface area (Å²) >= 11 is 0. The van der Waals surface area contributed by atoms with E-state index in [1.165, 1.54) is 12.0 Å². The molecule has 0 saturated carbocycles. The third kappa shape index (κ3) is 1.64. The third-order valence-corrected chi connectivity index (χ3v) is 3.08. The lowest BCUT2D eigenvalue weighted by Crippen LogP contribution is -2.21. The third-order valence-electron chi connectivity index (χ3n) is 3.08. The van der Waals surface area contributed by atoms with Crippen LogP contribution in [-0.4, -0.2) is 30.0 Å². The Morgan fingerprint density at radius 3 is 3.00 bits per heavy atom. The Kier molecular flexibility index (Phi) is 2.63. The Labute approximate surface area is 109 Å². The van der Waals surface area contributed by atoms with E-state index < -0.39 is 0 Å². The average Bonchev–Trinajstić information content (AvgIpc) is 2.85. The smallest absolute Gasteiger partial charge is 0.272 e. The molecule has 0 bridgehead atoms. The van der Waals surface area contributed by atoms with Crippen LogP contribution in [0.25, 0.3) is 11.3 Å². The standard InChI is InChI=1S/C13H13N3O3/c1-14-13(17)11-9-7-19-10-6-4-3-5-8(10)12(9)16(15-11)18-2/h3-6H,7H2,1-2H3,(H,14,17). The summed E-state index contributed by atoms with van der Waals surface area (Å²) in [4.78, 5) is 18.4. The molecule has 0 radical (unpaired) electrons. The molecule has 1 N–H and O–H groups in total. The number of nitrogens with one attached hydrogen (secondary N) is 1. The number of ether oxygens (including phenoxy) is 1.